The number of hydrogen-bond donors (Lipinski definition) is 2. The van der Waals surface area contributed by atoms with Gasteiger partial charge in [0, 0.05) is 55.8 Å². The fourth-order valence-corrected chi connectivity index (χ4v) is 4.66. The number of guanidine groups is 1. The third kappa shape index (κ3) is 7.81. The molecule has 7 heteroatoms. The number of halogens is 1. The molecule has 1 saturated heterocycles. The quantitative estimate of drug-likeness (QED) is 0.294. The van der Waals surface area contributed by atoms with Crippen LogP contribution in [0.15, 0.2) is 41.5 Å². The van der Waals surface area contributed by atoms with Crippen LogP contribution in [0.5, 0.6) is 0 Å². The predicted molar refractivity (Wildman–Crippen MR) is 139 cm³/mol. The van der Waals surface area contributed by atoms with E-state index in [1.165, 1.54) is 15.4 Å². The maximum absolute atomic E-state index is 4.80. The third-order valence-electron chi connectivity index (χ3n) is 5.47. The lowest BCUT2D eigenvalue weighted by Crippen LogP contribution is -2.51. The summed E-state index contributed by atoms with van der Waals surface area (Å²) in [5, 5.41) is 8.26. The number of aliphatic imine (C=N–C) groups is 1. The predicted octanol–water partition coefficient (Wildman–Crippen LogP) is 4.47. The van der Waals surface area contributed by atoms with Crippen molar-refractivity contribution >= 4 is 41.3 Å². The SMILES string of the molecule is CCNC(=NCCc1ncc(CC)s1)NC1CCN(Cc2ccccc2)C(C)C1.I. The molecule has 2 atom stereocenters. The van der Waals surface area contributed by atoms with Gasteiger partial charge in [-0.3, -0.25) is 9.89 Å². The minimum Gasteiger partial charge on any atom is -0.357 e. The van der Waals surface area contributed by atoms with Crippen LogP contribution in [0, 0.1) is 0 Å². The zero-order valence-electron chi connectivity index (χ0n) is 18.4. The van der Waals surface area contributed by atoms with Gasteiger partial charge in [-0.05, 0) is 38.7 Å². The fourth-order valence-electron chi connectivity index (χ4n) is 3.81. The highest BCUT2D eigenvalue weighted by molar-refractivity contribution is 14.0. The van der Waals surface area contributed by atoms with E-state index in [-0.39, 0.29) is 24.0 Å². The molecule has 2 unspecified atom stereocenters. The van der Waals surface area contributed by atoms with E-state index in [9.17, 15) is 0 Å². The molecule has 30 heavy (non-hydrogen) atoms. The van der Waals surface area contributed by atoms with Crippen molar-refractivity contribution in [3.63, 3.8) is 0 Å². The van der Waals surface area contributed by atoms with Gasteiger partial charge in [-0.2, -0.15) is 0 Å². The maximum Gasteiger partial charge on any atom is 0.191 e. The van der Waals surface area contributed by atoms with Crippen molar-refractivity contribution < 1.29 is 0 Å². The Morgan fingerprint density at radius 1 is 1.27 bits per heavy atom. The standard InChI is InChI=1S/C23H35N5S.HI/c1-4-21-16-26-22(29-21)11-13-25-23(24-5-2)27-20-12-14-28(18(3)15-20)17-19-9-7-6-8-10-19;/h6-10,16,18,20H,4-5,11-15,17H2,1-3H3,(H2,24,25,27);1H. The van der Waals surface area contributed by atoms with Gasteiger partial charge < -0.3 is 10.6 Å². The van der Waals surface area contributed by atoms with E-state index in [0.717, 1.165) is 57.8 Å². The van der Waals surface area contributed by atoms with Crippen molar-refractivity contribution in [1.29, 1.82) is 0 Å². The average Bonchev–Trinajstić information content (AvgIpc) is 3.19. The molecule has 2 aromatic rings. The molecule has 2 heterocycles. The summed E-state index contributed by atoms with van der Waals surface area (Å²) >= 11 is 1.81. The van der Waals surface area contributed by atoms with Crippen LogP contribution in [0.2, 0.25) is 0 Å². The van der Waals surface area contributed by atoms with Gasteiger partial charge in [0.1, 0.15) is 0 Å². The molecule has 0 amide bonds. The number of nitrogens with one attached hydrogen (secondary N) is 2. The highest BCUT2D eigenvalue weighted by Crippen LogP contribution is 2.20. The summed E-state index contributed by atoms with van der Waals surface area (Å²) in [4.78, 5) is 13.2. The van der Waals surface area contributed by atoms with Crippen LogP contribution in [0.4, 0.5) is 0 Å². The molecule has 1 aliphatic heterocycles. The van der Waals surface area contributed by atoms with E-state index in [1.54, 1.807) is 0 Å². The molecule has 1 aliphatic rings. The molecular weight excluding hydrogens is 505 g/mol. The number of aryl methyl sites for hydroxylation is 1. The van der Waals surface area contributed by atoms with Crippen molar-refractivity contribution in [3.05, 3.63) is 52.0 Å². The second kappa shape index (κ2) is 13.3. The van der Waals surface area contributed by atoms with Crippen LogP contribution in [-0.2, 0) is 19.4 Å². The van der Waals surface area contributed by atoms with Crippen LogP contribution >= 0.6 is 35.3 Å². The van der Waals surface area contributed by atoms with Gasteiger partial charge in [-0.1, -0.05) is 37.3 Å². The van der Waals surface area contributed by atoms with Crippen LogP contribution in [0.25, 0.3) is 0 Å². The van der Waals surface area contributed by atoms with Gasteiger partial charge in [0.15, 0.2) is 5.96 Å². The molecule has 0 bridgehead atoms. The van der Waals surface area contributed by atoms with Gasteiger partial charge >= 0.3 is 0 Å². The first kappa shape index (κ1) is 25.1. The summed E-state index contributed by atoms with van der Waals surface area (Å²) < 4.78 is 0. The Morgan fingerprint density at radius 2 is 2.07 bits per heavy atom. The molecule has 1 fully saturated rings. The topological polar surface area (TPSA) is 52.6 Å². The molecule has 1 aromatic carbocycles. The normalized spacial score (nSPS) is 19.9. The number of likely N-dealkylation sites (tertiary alicyclic amines) is 1. The smallest absolute Gasteiger partial charge is 0.191 e. The Kier molecular flexibility index (Phi) is 11.1. The summed E-state index contributed by atoms with van der Waals surface area (Å²) in [6.45, 7) is 10.4. The van der Waals surface area contributed by atoms with Gasteiger partial charge in [0.2, 0.25) is 0 Å². The van der Waals surface area contributed by atoms with Crippen molar-refractivity contribution in [2.75, 3.05) is 19.6 Å². The first-order chi connectivity index (χ1) is 14.2. The Bertz CT molecular complexity index is 764. The lowest BCUT2D eigenvalue weighted by molar-refractivity contribution is 0.134. The number of piperidine rings is 1. The maximum atomic E-state index is 4.80. The Labute approximate surface area is 202 Å². The van der Waals surface area contributed by atoms with E-state index >= 15 is 0 Å². The second-order valence-electron chi connectivity index (χ2n) is 7.76. The summed E-state index contributed by atoms with van der Waals surface area (Å²) in [5.74, 6) is 0.938. The molecular formula is C23H36IN5S. The first-order valence-electron chi connectivity index (χ1n) is 10.9. The minimum atomic E-state index is 0. The second-order valence-corrected chi connectivity index (χ2v) is 8.96. The van der Waals surface area contributed by atoms with E-state index in [1.807, 2.05) is 17.5 Å². The zero-order valence-corrected chi connectivity index (χ0v) is 21.6. The lowest BCUT2D eigenvalue weighted by Gasteiger charge is -2.38. The molecule has 0 saturated carbocycles. The van der Waals surface area contributed by atoms with E-state index < -0.39 is 0 Å². The van der Waals surface area contributed by atoms with E-state index in [0.29, 0.717) is 12.1 Å². The van der Waals surface area contributed by atoms with Crippen LogP contribution in [0.1, 0.15) is 49.1 Å². The molecule has 2 N–H and O–H groups in total. The zero-order chi connectivity index (χ0) is 20.5. The van der Waals surface area contributed by atoms with Gasteiger partial charge in [-0.15, -0.1) is 35.3 Å². The number of hydrogen-bond acceptors (Lipinski definition) is 4. The highest BCUT2D eigenvalue weighted by atomic mass is 127. The average molecular weight is 542 g/mol. The number of rotatable bonds is 8. The van der Waals surface area contributed by atoms with Crippen molar-refractivity contribution in [1.82, 2.24) is 20.5 Å². The molecule has 0 aliphatic carbocycles. The monoisotopic (exact) mass is 541 g/mol. The van der Waals surface area contributed by atoms with Crippen LogP contribution < -0.4 is 10.6 Å². The van der Waals surface area contributed by atoms with Crippen LogP contribution in [0.3, 0.4) is 0 Å². The summed E-state index contributed by atoms with van der Waals surface area (Å²) in [6.07, 6.45) is 6.26. The third-order valence-corrected chi connectivity index (χ3v) is 6.67. The summed E-state index contributed by atoms with van der Waals surface area (Å²) in [6, 6.07) is 11.8. The fraction of sp³-hybridized carbons (Fsp3) is 0.565. The van der Waals surface area contributed by atoms with Crippen molar-refractivity contribution in [2.24, 2.45) is 4.99 Å². The number of aromatic nitrogens is 1. The van der Waals surface area contributed by atoms with Crippen molar-refractivity contribution in [3.8, 4) is 0 Å². The Hall–Kier alpha value is -1.19. The molecule has 0 spiro atoms. The summed E-state index contributed by atoms with van der Waals surface area (Å²) in [5.41, 5.74) is 1.40. The molecule has 5 nitrogen and oxygen atoms in total. The van der Waals surface area contributed by atoms with E-state index in [4.69, 9.17) is 4.99 Å². The van der Waals surface area contributed by atoms with Gasteiger partial charge in [0.05, 0.1) is 5.01 Å². The molecule has 3 rings (SSSR count). The minimum absolute atomic E-state index is 0. The number of nitrogens with zero attached hydrogens (tertiary/aromatic N) is 3. The largest absolute Gasteiger partial charge is 0.357 e. The number of thiazole rings is 1. The number of benzene rings is 1. The van der Waals surface area contributed by atoms with Gasteiger partial charge in [0.25, 0.3) is 0 Å². The molecule has 166 valence electrons. The van der Waals surface area contributed by atoms with Crippen molar-refractivity contribution in [2.45, 2.75) is 65.1 Å². The lowest BCUT2D eigenvalue weighted by atomic mass is 9.97. The van der Waals surface area contributed by atoms with E-state index in [2.05, 4.69) is 71.6 Å². The summed E-state index contributed by atoms with van der Waals surface area (Å²) in [7, 11) is 0. The van der Waals surface area contributed by atoms with Gasteiger partial charge in [-0.25, -0.2) is 4.98 Å². The first-order valence-corrected chi connectivity index (χ1v) is 11.8. The molecule has 0 radical (unpaired) electrons. The van der Waals surface area contributed by atoms with Crippen LogP contribution in [-0.4, -0.2) is 47.6 Å². The Balaban J connectivity index is 0.00000320. The molecule has 1 aromatic heterocycles. The Morgan fingerprint density at radius 3 is 2.73 bits per heavy atom. The highest BCUT2D eigenvalue weighted by Gasteiger charge is 2.25.